The Kier molecular flexibility index (Phi) is 4.23. The van der Waals surface area contributed by atoms with Gasteiger partial charge in [-0.3, -0.25) is 9.59 Å². The highest BCUT2D eigenvalue weighted by molar-refractivity contribution is 5.92. The molecule has 1 aromatic heterocycles. The van der Waals surface area contributed by atoms with Gasteiger partial charge in [0, 0.05) is 30.9 Å². The van der Waals surface area contributed by atoms with Crippen molar-refractivity contribution in [3.63, 3.8) is 0 Å². The van der Waals surface area contributed by atoms with Crippen LogP contribution in [0.4, 0.5) is 0 Å². The van der Waals surface area contributed by atoms with Crippen molar-refractivity contribution < 1.29 is 9.59 Å². The van der Waals surface area contributed by atoms with Crippen LogP contribution in [0, 0.1) is 5.92 Å². The molecular formula is C17H18N4O2. The summed E-state index contributed by atoms with van der Waals surface area (Å²) in [5.74, 6) is -0.678. The van der Waals surface area contributed by atoms with Gasteiger partial charge >= 0.3 is 0 Å². The van der Waals surface area contributed by atoms with Crippen LogP contribution in [0.1, 0.15) is 12.0 Å². The van der Waals surface area contributed by atoms with Gasteiger partial charge in [0.2, 0.25) is 11.8 Å². The molecule has 1 aliphatic heterocycles. The number of nitrogens with zero attached hydrogens (tertiary/aromatic N) is 3. The molecule has 1 saturated heterocycles. The van der Waals surface area contributed by atoms with E-state index in [1.54, 1.807) is 21.9 Å². The number of carbonyl (C=O) groups is 2. The Morgan fingerprint density at radius 3 is 2.74 bits per heavy atom. The highest BCUT2D eigenvalue weighted by atomic mass is 16.2. The molecule has 2 amide bonds. The maximum Gasteiger partial charge on any atom is 0.246 e. The van der Waals surface area contributed by atoms with Crippen LogP contribution in [0.15, 0.2) is 48.8 Å². The zero-order valence-electron chi connectivity index (χ0n) is 12.6. The summed E-state index contributed by atoms with van der Waals surface area (Å²) in [7, 11) is 0. The Morgan fingerprint density at radius 2 is 2.04 bits per heavy atom. The molecule has 1 atom stereocenters. The van der Waals surface area contributed by atoms with Crippen LogP contribution in [-0.2, 0) is 9.59 Å². The number of para-hydroxylation sites is 1. The molecule has 0 saturated carbocycles. The minimum Gasteiger partial charge on any atom is -0.369 e. The molecule has 0 aliphatic carbocycles. The Bertz CT molecular complexity index is 736. The van der Waals surface area contributed by atoms with Crippen molar-refractivity contribution in [2.45, 2.75) is 6.42 Å². The van der Waals surface area contributed by atoms with E-state index in [2.05, 4.69) is 5.10 Å². The van der Waals surface area contributed by atoms with Gasteiger partial charge < -0.3 is 10.6 Å². The van der Waals surface area contributed by atoms with Crippen LogP contribution in [0.3, 0.4) is 0 Å². The summed E-state index contributed by atoms with van der Waals surface area (Å²) in [6.07, 6.45) is 7.44. The topological polar surface area (TPSA) is 81.2 Å². The molecule has 0 bridgehead atoms. The third-order valence-corrected chi connectivity index (χ3v) is 3.94. The third-order valence-electron chi connectivity index (χ3n) is 3.94. The van der Waals surface area contributed by atoms with Crippen molar-refractivity contribution in [3.8, 4) is 5.69 Å². The zero-order valence-corrected chi connectivity index (χ0v) is 12.6. The summed E-state index contributed by atoms with van der Waals surface area (Å²) < 4.78 is 1.75. The second-order valence-electron chi connectivity index (χ2n) is 5.56. The van der Waals surface area contributed by atoms with Crippen LogP contribution in [0.5, 0.6) is 0 Å². The van der Waals surface area contributed by atoms with Crippen LogP contribution >= 0.6 is 0 Å². The van der Waals surface area contributed by atoms with Crippen LogP contribution in [0.2, 0.25) is 0 Å². The number of amides is 2. The van der Waals surface area contributed by atoms with E-state index in [4.69, 9.17) is 5.73 Å². The van der Waals surface area contributed by atoms with Gasteiger partial charge in [-0.1, -0.05) is 18.2 Å². The fourth-order valence-corrected chi connectivity index (χ4v) is 2.61. The van der Waals surface area contributed by atoms with Gasteiger partial charge in [0.25, 0.3) is 0 Å². The predicted octanol–water partition coefficient (Wildman–Crippen LogP) is 1.22. The first-order chi connectivity index (χ1) is 11.1. The zero-order chi connectivity index (χ0) is 16.2. The summed E-state index contributed by atoms with van der Waals surface area (Å²) in [5, 5.41) is 4.28. The Balaban J connectivity index is 1.63. The van der Waals surface area contributed by atoms with Crippen molar-refractivity contribution in [2.24, 2.45) is 11.7 Å². The standard InChI is InChI=1S/C17H18N4O2/c18-17(23)14-8-9-20(12-14)16(22)7-6-13-10-19-21(11-13)15-4-2-1-3-5-15/h1-7,10-11,14H,8-9,12H2,(H2,18,23)/b7-6+/t14-/m0/s1. The minimum absolute atomic E-state index is 0.110. The number of aromatic nitrogens is 2. The average molecular weight is 310 g/mol. The molecule has 2 aromatic rings. The number of carbonyl (C=O) groups excluding carboxylic acids is 2. The molecule has 6 nitrogen and oxygen atoms in total. The fourth-order valence-electron chi connectivity index (χ4n) is 2.61. The van der Waals surface area contributed by atoms with Crippen molar-refractivity contribution in [1.82, 2.24) is 14.7 Å². The van der Waals surface area contributed by atoms with Gasteiger partial charge in [0.05, 0.1) is 17.8 Å². The predicted molar refractivity (Wildman–Crippen MR) is 86.5 cm³/mol. The Labute approximate surface area is 134 Å². The van der Waals surface area contributed by atoms with Crippen molar-refractivity contribution in [3.05, 3.63) is 54.4 Å². The van der Waals surface area contributed by atoms with E-state index < -0.39 is 0 Å². The normalized spacial score (nSPS) is 17.7. The number of rotatable bonds is 4. The number of benzene rings is 1. The largest absolute Gasteiger partial charge is 0.369 e. The maximum atomic E-state index is 12.1. The molecule has 2 N–H and O–H groups in total. The van der Waals surface area contributed by atoms with Crippen LogP contribution < -0.4 is 5.73 Å². The number of hydrogen-bond acceptors (Lipinski definition) is 3. The number of primary amides is 1. The molecule has 2 heterocycles. The van der Waals surface area contributed by atoms with Gasteiger partial charge in [-0.25, -0.2) is 4.68 Å². The van der Waals surface area contributed by atoms with Gasteiger partial charge in [-0.05, 0) is 24.6 Å². The van der Waals surface area contributed by atoms with E-state index in [9.17, 15) is 9.59 Å². The second-order valence-corrected chi connectivity index (χ2v) is 5.56. The van der Waals surface area contributed by atoms with E-state index in [0.29, 0.717) is 19.5 Å². The van der Waals surface area contributed by atoms with E-state index in [1.165, 1.54) is 6.08 Å². The molecule has 0 radical (unpaired) electrons. The van der Waals surface area contributed by atoms with Gasteiger partial charge in [-0.2, -0.15) is 5.10 Å². The molecule has 118 valence electrons. The van der Waals surface area contributed by atoms with Crippen molar-refractivity contribution in [1.29, 1.82) is 0 Å². The highest BCUT2D eigenvalue weighted by Crippen LogP contribution is 2.16. The molecule has 1 aliphatic rings. The highest BCUT2D eigenvalue weighted by Gasteiger charge is 2.28. The summed E-state index contributed by atoms with van der Waals surface area (Å²) in [5.41, 5.74) is 7.08. The average Bonchev–Trinajstić information content (AvgIpc) is 3.23. The first-order valence-electron chi connectivity index (χ1n) is 7.50. The second kappa shape index (κ2) is 6.48. The molecule has 0 spiro atoms. The summed E-state index contributed by atoms with van der Waals surface area (Å²) in [6.45, 7) is 0.974. The first-order valence-corrected chi connectivity index (χ1v) is 7.50. The fraction of sp³-hybridized carbons (Fsp3) is 0.235. The molecule has 0 unspecified atom stereocenters. The summed E-state index contributed by atoms with van der Waals surface area (Å²) in [4.78, 5) is 24.9. The number of hydrogen-bond donors (Lipinski definition) is 1. The smallest absolute Gasteiger partial charge is 0.246 e. The molecule has 3 rings (SSSR count). The Morgan fingerprint density at radius 1 is 1.26 bits per heavy atom. The number of likely N-dealkylation sites (tertiary alicyclic amines) is 1. The van der Waals surface area contributed by atoms with Gasteiger partial charge in [0.15, 0.2) is 0 Å². The lowest BCUT2D eigenvalue weighted by molar-refractivity contribution is -0.125. The lowest BCUT2D eigenvalue weighted by atomic mass is 10.1. The summed E-state index contributed by atoms with van der Waals surface area (Å²) >= 11 is 0. The first kappa shape index (κ1) is 15.0. The Hall–Kier alpha value is -2.89. The monoisotopic (exact) mass is 310 g/mol. The van der Waals surface area contributed by atoms with Crippen molar-refractivity contribution in [2.75, 3.05) is 13.1 Å². The van der Waals surface area contributed by atoms with Gasteiger partial charge in [-0.15, -0.1) is 0 Å². The third kappa shape index (κ3) is 3.48. The minimum atomic E-state index is -0.339. The van der Waals surface area contributed by atoms with E-state index in [0.717, 1.165) is 11.3 Å². The number of nitrogens with two attached hydrogens (primary N) is 1. The quantitative estimate of drug-likeness (QED) is 0.862. The van der Waals surface area contributed by atoms with Gasteiger partial charge in [0.1, 0.15) is 0 Å². The van der Waals surface area contributed by atoms with Crippen LogP contribution in [-0.4, -0.2) is 39.6 Å². The maximum absolute atomic E-state index is 12.1. The molecular weight excluding hydrogens is 292 g/mol. The van der Waals surface area contributed by atoms with E-state index >= 15 is 0 Å². The molecule has 1 fully saturated rings. The molecule has 23 heavy (non-hydrogen) atoms. The van der Waals surface area contributed by atoms with Crippen molar-refractivity contribution >= 4 is 17.9 Å². The van der Waals surface area contributed by atoms with E-state index in [-0.39, 0.29) is 17.7 Å². The van der Waals surface area contributed by atoms with E-state index in [1.807, 2.05) is 36.5 Å². The lowest BCUT2D eigenvalue weighted by Gasteiger charge is -2.12. The molecule has 6 heteroatoms. The summed E-state index contributed by atoms with van der Waals surface area (Å²) in [6, 6.07) is 9.75. The van der Waals surface area contributed by atoms with Crippen LogP contribution in [0.25, 0.3) is 11.8 Å². The molecule has 1 aromatic carbocycles. The SMILES string of the molecule is NC(=O)[C@H]1CCN(C(=O)/C=C/c2cnn(-c3ccccc3)c2)C1. The lowest BCUT2D eigenvalue weighted by Crippen LogP contribution is -2.30.